The van der Waals surface area contributed by atoms with Crippen molar-refractivity contribution in [1.29, 1.82) is 0 Å². The fraction of sp³-hybridized carbons (Fsp3) is 0.100. The van der Waals surface area contributed by atoms with Crippen molar-refractivity contribution in [2.24, 2.45) is 0 Å². The molecule has 0 fully saturated rings. The third kappa shape index (κ3) is 8.58. The van der Waals surface area contributed by atoms with Gasteiger partial charge in [-0.05, 0) is 66.3 Å². The molecule has 4 aromatic rings. The summed E-state index contributed by atoms with van der Waals surface area (Å²) < 4.78 is 17.1. The average molecular weight is 542 g/mol. The zero-order valence-corrected chi connectivity index (χ0v) is 21.8. The molecule has 3 N–H and O–H groups in total. The van der Waals surface area contributed by atoms with E-state index in [4.69, 9.17) is 26.4 Å². The molecule has 9 heteroatoms. The minimum atomic E-state index is -0.465. The van der Waals surface area contributed by atoms with E-state index < -0.39 is 11.8 Å². The number of hydrogen-bond donors (Lipinski definition) is 3. The van der Waals surface area contributed by atoms with Gasteiger partial charge in [0.2, 0.25) is 0 Å². The number of amides is 2. The molecule has 0 spiro atoms. The Morgan fingerprint density at radius 3 is 1.90 bits per heavy atom. The molecule has 4 rings (SSSR count). The normalized spacial score (nSPS) is 10.2. The molecule has 0 aromatic heterocycles. The second-order valence-corrected chi connectivity index (χ2v) is 8.58. The molecule has 0 atom stereocenters. The van der Waals surface area contributed by atoms with E-state index in [2.05, 4.69) is 16.2 Å². The Hall–Kier alpha value is -4.89. The molecule has 39 heavy (non-hydrogen) atoms. The summed E-state index contributed by atoms with van der Waals surface area (Å²) in [5.41, 5.74) is 6.71. The lowest BCUT2D eigenvalue weighted by molar-refractivity contribution is 0.0930. The van der Waals surface area contributed by atoms with Crippen molar-refractivity contribution in [3.05, 3.63) is 126 Å². The number of ether oxygens (including phenoxy) is 3. The maximum Gasteiger partial charge on any atom is 0.273 e. The van der Waals surface area contributed by atoms with Crippen molar-refractivity contribution in [2.45, 2.75) is 6.61 Å². The Kier molecular flexibility index (Phi) is 9.85. The number of nitrogens with one attached hydrogen (secondary N) is 3. The topological polar surface area (TPSA) is 97.9 Å². The van der Waals surface area contributed by atoms with Gasteiger partial charge in [-0.2, -0.15) is 0 Å². The lowest BCUT2D eigenvalue weighted by atomic mass is 10.2. The largest absolute Gasteiger partial charge is 0.490 e. The van der Waals surface area contributed by atoms with E-state index in [1.165, 1.54) is 0 Å². The van der Waals surface area contributed by atoms with Gasteiger partial charge >= 0.3 is 0 Å². The maximum absolute atomic E-state index is 12.7. The lowest BCUT2D eigenvalue weighted by Crippen LogP contribution is -2.48. The van der Waals surface area contributed by atoms with Crippen LogP contribution in [0, 0.1) is 0 Å². The van der Waals surface area contributed by atoms with Gasteiger partial charge in [0.1, 0.15) is 37.1 Å². The maximum atomic E-state index is 12.7. The van der Waals surface area contributed by atoms with Gasteiger partial charge in [-0.15, -0.1) is 0 Å². The van der Waals surface area contributed by atoms with Crippen molar-refractivity contribution in [3.63, 3.8) is 0 Å². The molecule has 0 heterocycles. The van der Waals surface area contributed by atoms with Crippen LogP contribution >= 0.6 is 12.2 Å². The average Bonchev–Trinajstić information content (AvgIpc) is 2.98. The van der Waals surface area contributed by atoms with Crippen LogP contribution in [-0.4, -0.2) is 30.1 Å². The van der Waals surface area contributed by atoms with Crippen molar-refractivity contribution >= 4 is 29.1 Å². The van der Waals surface area contributed by atoms with Crippen LogP contribution in [0.15, 0.2) is 109 Å². The Labute approximate surface area is 231 Å². The molecule has 2 amide bonds. The zero-order valence-electron chi connectivity index (χ0n) is 21.0. The van der Waals surface area contributed by atoms with Crippen LogP contribution < -0.4 is 30.4 Å². The molecule has 0 saturated heterocycles. The molecule has 198 valence electrons. The van der Waals surface area contributed by atoms with Crippen LogP contribution in [0.25, 0.3) is 0 Å². The van der Waals surface area contributed by atoms with Gasteiger partial charge in [0.15, 0.2) is 5.11 Å². The number of carbonyl (C=O) groups excluding carboxylic acids is 2. The number of rotatable bonds is 10. The highest BCUT2D eigenvalue weighted by molar-refractivity contribution is 7.80. The highest BCUT2D eigenvalue weighted by atomic mass is 32.1. The second-order valence-electron chi connectivity index (χ2n) is 8.17. The molecule has 4 aromatic carbocycles. The van der Waals surface area contributed by atoms with Crippen molar-refractivity contribution < 1.29 is 23.8 Å². The first-order valence-corrected chi connectivity index (χ1v) is 12.6. The van der Waals surface area contributed by atoms with Crippen LogP contribution in [0.2, 0.25) is 0 Å². The fourth-order valence-electron chi connectivity index (χ4n) is 3.44. The summed E-state index contributed by atoms with van der Waals surface area (Å²) in [5, 5.41) is 2.47. The third-order valence-electron chi connectivity index (χ3n) is 5.37. The molecule has 0 saturated carbocycles. The Balaban J connectivity index is 1.20. The van der Waals surface area contributed by atoms with Crippen molar-refractivity contribution in [2.75, 3.05) is 13.2 Å². The number of hydrazine groups is 1. The molecule has 0 aliphatic heterocycles. The minimum absolute atomic E-state index is 0.0607. The molecule has 8 nitrogen and oxygen atoms in total. The summed E-state index contributed by atoms with van der Waals surface area (Å²) in [6.45, 7) is 1.06. The third-order valence-corrected chi connectivity index (χ3v) is 5.57. The fourth-order valence-corrected chi connectivity index (χ4v) is 3.58. The van der Waals surface area contributed by atoms with E-state index in [0.29, 0.717) is 42.4 Å². The first kappa shape index (κ1) is 27.2. The van der Waals surface area contributed by atoms with Crippen LogP contribution in [0.5, 0.6) is 17.2 Å². The molecule has 0 unspecified atom stereocenters. The summed E-state index contributed by atoms with van der Waals surface area (Å²) in [7, 11) is 0. The summed E-state index contributed by atoms with van der Waals surface area (Å²) in [6.07, 6.45) is 0. The van der Waals surface area contributed by atoms with Crippen LogP contribution in [0.4, 0.5) is 0 Å². The smallest absolute Gasteiger partial charge is 0.273 e. The second kappa shape index (κ2) is 14.2. The van der Waals surface area contributed by atoms with Crippen LogP contribution in [0.3, 0.4) is 0 Å². The lowest BCUT2D eigenvalue weighted by Gasteiger charge is -2.14. The van der Waals surface area contributed by atoms with Crippen LogP contribution in [0.1, 0.15) is 26.3 Å². The Bertz CT molecular complexity index is 1380. The van der Waals surface area contributed by atoms with Crippen LogP contribution in [-0.2, 0) is 6.61 Å². The first-order chi connectivity index (χ1) is 19.1. The van der Waals surface area contributed by atoms with Gasteiger partial charge in [-0.3, -0.25) is 25.8 Å². The number of benzene rings is 4. The summed E-state index contributed by atoms with van der Waals surface area (Å²) >= 11 is 5.16. The van der Waals surface area contributed by atoms with Gasteiger partial charge in [0.25, 0.3) is 11.8 Å². The molecular formula is C30H27N3O5S. The van der Waals surface area contributed by atoms with Gasteiger partial charge in [-0.25, -0.2) is 0 Å². The summed E-state index contributed by atoms with van der Waals surface area (Å²) in [6, 6.07) is 32.6. The summed E-state index contributed by atoms with van der Waals surface area (Å²) in [5.74, 6) is 0.892. The highest BCUT2D eigenvalue weighted by Gasteiger charge is 2.14. The standard InChI is InChI=1S/C30H27N3O5S/c34-28(23-15-17-25(18-16-23)37-20-19-36-24-11-5-2-6-12-24)31-30(39)33-32-29(35)26-13-7-8-14-27(26)38-21-22-9-3-1-4-10-22/h1-18H,19-21H2,(H,32,35)(H2,31,33,34,39). The molecule has 0 radical (unpaired) electrons. The van der Waals surface area contributed by atoms with Gasteiger partial charge < -0.3 is 14.2 Å². The van der Waals surface area contributed by atoms with E-state index in [-0.39, 0.29) is 5.11 Å². The van der Waals surface area contributed by atoms with E-state index >= 15 is 0 Å². The van der Waals surface area contributed by atoms with E-state index in [9.17, 15) is 9.59 Å². The molecule has 0 aliphatic rings. The van der Waals surface area contributed by atoms with Gasteiger partial charge in [0.05, 0.1) is 5.56 Å². The number of carbonyl (C=O) groups is 2. The number of thiocarbonyl (C=S) groups is 1. The van der Waals surface area contributed by atoms with E-state index in [1.54, 1.807) is 48.5 Å². The quantitative estimate of drug-likeness (QED) is 0.152. The number of para-hydroxylation sites is 2. The van der Waals surface area contributed by atoms with Gasteiger partial charge in [-0.1, -0.05) is 60.7 Å². The predicted octanol–water partition coefficient (Wildman–Crippen LogP) is 4.67. The Morgan fingerprint density at radius 1 is 0.615 bits per heavy atom. The SMILES string of the molecule is O=C(NC(=S)NNC(=O)c1ccccc1OCc1ccccc1)c1ccc(OCCOc2ccccc2)cc1. The van der Waals surface area contributed by atoms with E-state index in [0.717, 1.165) is 11.3 Å². The van der Waals surface area contributed by atoms with Crippen molar-refractivity contribution in [1.82, 2.24) is 16.2 Å². The molecule has 0 bridgehead atoms. The zero-order chi connectivity index (χ0) is 27.3. The van der Waals surface area contributed by atoms with E-state index in [1.807, 2.05) is 60.7 Å². The number of hydrogen-bond acceptors (Lipinski definition) is 6. The first-order valence-electron chi connectivity index (χ1n) is 12.2. The Morgan fingerprint density at radius 2 is 1.21 bits per heavy atom. The highest BCUT2D eigenvalue weighted by Crippen LogP contribution is 2.19. The minimum Gasteiger partial charge on any atom is -0.490 e. The molecule has 0 aliphatic carbocycles. The summed E-state index contributed by atoms with van der Waals surface area (Å²) in [4.78, 5) is 25.3. The predicted molar refractivity (Wildman–Crippen MR) is 152 cm³/mol. The van der Waals surface area contributed by atoms with Crippen molar-refractivity contribution in [3.8, 4) is 17.2 Å². The molecular weight excluding hydrogens is 514 g/mol. The monoisotopic (exact) mass is 541 g/mol. The van der Waals surface area contributed by atoms with Gasteiger partial charge in [0, 0.05) is 5.56 Å².